The lowest BCUT2D eigenvalue weighted by atomic mass is 10.1. The van der Waals surface area contributed by atoms with Gasteiger partial charge in [0.2, 0.25) is 5.91 Å². The Kier molecular flexibility index (Phi) is 2.73. The number of hydrogen-bond acceptors (Lipinski definition) is 3. The van der Waals surface area contributed by atoms with Crippen LogP contribution in [-0.2, 0) is 4.79 Å². The van der Waals surface area contributed by atoms with Gasteiger partial charge in [-0.2, -0.15) is 17.7 Å². The maximum absolute atomic E-state index is 11.8. The van der Waals surface area contributed by atoms with Crippen molar-refractivity contribution in [2.75, 3.05) is 17.2 Å². The van der Waals surface area contributed by atoms with Crippen molar-refractivity contribution < 1.29 is 4.79 Å². The van der Waals surface area contributed by atoms with Gasteiger partial charge in [0, 0.05) is 13.0 Å². The Morgan fingerprint density at radius 1 is 1.60 bits per heavy atom. The molecule has 1 fully saturated rings. The highest BCUT2D eigenvalue weighted by atomic mass is 32.1. The van der Waals surface area contributed by atoms with Crippen LogP contribution in [0.1, 0.15) is 17.8 Å². The zero-order valence-electron chi connectivity index (χ0n) is 8.95. The molecule has 82 valence electrons. The van der Waals surface area contributed by atoms with Crippen molar-refractivity contribution in [2.45, 2.75) is 20.3 Å². The lowest BCUT2D eigenvalue weighted by molar-refractivity contribution is -0.117. The van der Waals surface area contributed by atoms with Crippen LogP contribution in [0.5, 0.6) is 0 Å². The van der Waals surface area contributed by atoms with Crippen molar-refractivity contribution >= 4 is 24.2 Å². The lowest BCUT2D eigenvalue weighted by Gasteiger charge is -2.16. The summed E-state index contributed by atoms with van der Waals surface area (Å²) >= 11 is 4.24. The molecule has 1 aliphatic heterocycles. The van der Waals surface area contributed by atoms with Crippen molar-refractivity contribution in [1.82, 2.24) is 10.2 Å². The zero-order valence-corrected chi connectivity index (χ0v) is 9.84. The van der Waals surface area contributed by atoms with Gasteiger partial charge in [-0.3, -0.25) is 9.89 Å². The third kappa shape index (κ3) is 1.76. The predicted octanol–water partition coefficient (Wildman–Crippen LogP) is 1.31. The number of aromatic nitrogens is 2. The number of nitrogens with one attached hydrogen (secondary N) is 1. The van der Waals surface area contributed by atoms with Gasteiger partial charge in [-0.15, -0.1) is 0 Å². The van der Waals surface area contributed by atoms with E-state index in [0.717, 1.165) is 29.4 Å². The number of aromatic amines is 1. The normalized spacial score (nSPS) is 21.4. The Morgan fingerprint density at radius 3 is 2.80 bits per heavy atom. The van der Waals surface area contributed by atoms with E-state index in [1.165, 1.54) is 0 Å². The first-order chi connectivity index (χ1) is 7.13. The summed E-state index contributed by atoms with van der Waals surface area (Å²) < 4.78 is 0. The molecule has 0 aromatic carbocycles. The molecule has 1 aromatic heterocycles. The third-order valence-electron chi connectivity index (χ3n) is 2.82. The second-order valence-corrected chi connectivity index (χ2v) is 4.40. The number of anilines is 1. The van der Waals surface area contributed by atoms with Gasteiger partial charge >= 0.3 is 0 Å². The number of carbonyl (C=O) groups is 1. The smallest absolute Gasteiger partial charge is 0.227 e. The van der Waals surface area contributed by atoms with Crippen LogP contribution in [0.15, 0.2) is 0 Å². The van der Waals surface area contributed by atoms with E-state index < -0.39 is 0 Å². The summed E-state index contributed by atoms with van der Waals surface area (Å²) in [5.41, 5.74) is 2.80. The second kappa shape index (κ2) is 3.89. The van der Waals surface area contributed by atoms with E-state index in [9.17, 15) is 4.79 Å². The molecule has 2 heterocycles. The Labute approximate surface area is 94.5 Å². The monoisotopic (exact) mass is 225 g/mol. The largest absolute Gasteiger partial charge is 0.309 e. The topological polar surface area (TPSA) is 49.0 Å². The summed E-state index contributed by atoms with van der Waals surface area (Å²) in [6.07, 6.45) is 0.605. The number of carbonyl (C=O) groups excluding carboxylic acids is 1. The van der Waals surface area contributed by atoms with E-state index in [4.69, 9.17) is 0 Å². The summed E-state index contributed by atoms with van der Waals surface area (Å²) in [5.74, 6) is 1.31. The quantitative estimate of drug-likeness (QED) is 0.746. The van der Waals surface area contributed by atoms with Gasteiger partial charge in [-0.05, 0) is 25.5 Å². The van der Waals surface area contributed by atoms with E-state index in [1.807, 2.05) is 18.7 Å². The molecule has 0 spiro atoms. The van der Waals surface area contributed by atoms with E-state index in [0.29, 0.717) is 12.3 Å². The van der Waals surface area contributed by atoms with Gasteiger partial charge in [0.25, 0.3) is 0 Å². The van der Waals surface area contributed by atoms with Crippen molar-refractivity contribution in [3.05, 3.63) is 11.4 Å². The molecule has 0 bridgehead atoms. The molecule has 0 saturated carbocycles. The number of aryl methyl sites for hydroxylation is 2. The van der Waals surface area contributed by atoms with Gasteiger partial charge in [-0.1, -0.05) is 0 Å². The molecule has 1 atom stereocenters. The number of amides is 1. The van der Waals surface area contributed by atoms with E-state index in [1.54, 1.807) is 0 Å². The number of rotatable bonds is 2. The molecule has 1 aromatic rings. The fraction of sp³-hybridized carbons (Fsp3) is 0.600. The highest BCUT2D eigenvalue weighted by Gasteiger charge is 2.32. The van der Waals surface area contributed by atoms with Crippen molar-refractivity contribution in [2.24, 2.45) is 5.92 Å². The van der Waals surface area contributed by atoms with E-state index in [-0.39, 0.29) is 5.91 Å². The molecule has 1 saturated heterocycles. The summed E-state index contributed by atoms with van der Waals surface area (Å²) in [6.45, 7) is 4.63. The molecule has 4 nitrogen and oxygen atoms in total. The summed E-state index contributed by atoms with van der Waals surface area (Å²) in [6, 6.07) is 0. The molecular weight excluding hydrogens is 210 g/mol. The first kappa shape index (κ1) is 10.5. The molecule has 1 aliphatic rings. The number of H-pyrrole nitrogens is 1. The second-order valence-electron chi connectivity index (χ2n) is 4.04. The molecule has 0 aliphatic carbocycles. The van der Waals surface area contributed by atoms with Gasteiger partial charge in [0.1, 0.15) is 0 Å². The van der Waals surface area contributed by atoms with Crippen LogP contribution in [0.2, 0.25) is 0 Å². The fourth-order valence-corrected chi connectivity index (χ4v) is 2.31. The van der Waals surface area contributed by atoms with Crippen LogP contribution in [0, 0.1) is 19.8 Å². The first-order valence-corrected chi connectivity index (χ1v) is 5.69. The third-order valence-corrected chi connectivity index (χ3v) is 3.34. The molecule has 1 amide bonds. The molecular formula is C10H15N3OS. The molecule has 5 heteroatoms. The van der Waals surface area contributed by atoms with Crippen molar-refractivity contribution in [1.29, 1.82) is 0 Å². The molecule has 0 radical (unpaired) electrons. The minimum atomic E-state index is 0.182. The fourth-order valence-electron chi connectivity index (χ4n) is 2.06. The summed E-state index contributed by atoms with van der Waals surface area (Å²) in [5, 5.41) is 7.01. The van der Waals surface area contributed by atoms with E-state index >= 15 is 0 Å². The Hall–Kier alpha value is -0.970. The molecule has 2 rings (SSSR count). The lowest BCUT2D eigenvalue weighted by Crippen LogP contribution is -2.25. The van der Waals surface area contributed by atoms with Gasteiger partial charge < -0.3 is 4.90 Å². The molecule has 15 heavy (non-hydrogen) atoms. The van der Waals surface area contributed by atoms with Crippen LogP contribution in [0.25, 0.3) is 0 Å². The summed E-state index contributed by atoms with van der Waals surface area (Å²) in [7, 11) is 0. The average molecular weight is 225 g/mol. The Balaban J connectivity index is 2.29. The number of nitrogens with zero attached hydrogens (tertiary/aromatic N) is 2. The predicted molar refractivity (Wildman–Crippen MR) is 62.4 cm³/mol. The SMILES string of the molecule is Cc1n[nH]c(C)c1N1CC(CS)CC1=O. The number of hydrogen-bond donors (Lipinski definition) is 2. The maximum atomic E-state index is 11.8. The van der Waals surface area contributed by atoms with Crippen LogP contribution in [-0.4, -0.2) is 28.4 Å². The minimum Gasteiger partial charge on any atom is -0.309 e. The first-order valence-electron chi connectivity index (χ1n) is 5.06. The van der Waals surface area contributed by atoms with Crippen LogP contribution >= 0.6 is 12.6 Å². The van der Waals surface area contributed by atoms with E-state index in [2.05, 4.69) is 22.8 Å². The molecule has 1 N–H and O–H groups in total. The Bertz CT molecular complexity index is 369. The van der Waals surface area contributed by atoms with Crippen molar-refractivity contribution in [3.63, 3.8) is 0 Å². The molecule has 1 unspecified atom stereocenters. The van der Waals surface area contributed by atoms with Crippen LogP contribution < -0.4 is 4.90 Å². The Morgan fingerprint density at radius 2 is 2.33 bits per heavy atom. The zero-order chi connectivity index (χ0) is 11.0. The van der Waals surface area contributed by atoms with Crippen LogP contribution in [0.3, 0.4) is 0 Å². The number of thiol groups is 1. The maximum Gasteiger partial charge on any atom is 0.227 e. The van der Waals surface area contributed by atoms with Crippen molar-refractivity contribution in [3.8, 4) is 0 Å². The van der Waals surface area contributed by atoms with Gasteiger partial charge in [-0.25, -0.2) is 0 Å². The highest BCUT2D eigenvalue weighted by Crippen LogP contribution is 2.29. The summed E-state index contributed by atoms with van der Waals surface area (Å²) in [4.78, 5) is 13.6. The van der Waals surface area contributed by atoms with Gasteiger partial charge in [0.15, 0.2) is 0 Å². The average Bonchev–Trinajstić information content (AvgIpc) is 2.71. The minimum absolute atomic E-state index is 0.182. The van der Waals surface area contributed by atoms with Gasteiger partial charge in [0.05, 0.1) is 17.1 Å². The highest BCUT2D eigenvalue weighted by molar-refractivity contribution is 7.80. The standard InChI is InChI=1S/C10H15N3OS/c1-6-10(7(2)12-11-6)13-4-8(5-15)3-9(13)14/h8,15H,3-5H2,1-2H3,(H,11,12). The van der Waals surface area contributed by atoms with Crippen LogP contribution in [0.4, 0.5) is 5.69 Å².